The van der Waals surface area contributed by atoms with E-state index in [4.69, 9.17) is 0 Å². The van der Waals surface area contributed by atoms with Crippen LogP contribution in [0.1, 0.15) is 30.7 Å². The van der Waals surface area contributed by atoms with Gasteiger partial charge in [-0.05, 0) is 43.2 Å². The van der Waals surface area contributed by atoms with E-state index in [0.29, 0.717) is 13.0 Å². The highest BCUT2D eigenvalue weighted by molar-refractivity contribution is 5.97. The van der Waals surface area contributed by atoms with E-state index in [1.807, 2.05) is 44.2 Å². The van der Waals surface area contributed by atoms with Crippen molar-refractivity contribution in [3.8, 4) is 0 Å². The molecule has 2 aliphatic heterocycles. The number of rotatable bonds is 2. The van der Waals surface area contributed by atoms with Crippen LogP contribution >= 0.6 is 0 Å². The van der Waals surface area contributed by atoms with Gasteiger partial charge in [0, 0.05) is 42.0 Å². The van der Waals surface area contributed by atoms with E-state index >= 15 is 0 Å². The van der Waals surface area contributed by atoms with Crippen LogP contribution in [0.15, 0.2) is 48.8 Å². The minimum atomic E-state index is -0.563. The van der Waals surface area contributed by atoms with Crippen molar-refractivity contribution in [1.29, 1.82) is 0 Å². The van der Waals surface area contributed by atoms with Crippen LogP contribution in [0.5, 0.6) is 0 Å². The molecule has 0 spiro atoms. The van der Waals surface area contributed by atoms with Gasteiger partial charge >= 0.3 is 0 Å². The molecule has 1 fully saturated rings. The van der Waals surface area contributed by atoms with Crippen LogP contribution < -0.4 is 0 Å². The summed E-state index contributed by atoms with van der Waals surface area (Å²) in [6.45, 7) is 4.59. The van der Waals surface area contributed by atoms with Crippen molar-refractivity contribution >= 4 is 22.7 Å². The zero-order valence-electron chi connectivity index (χ0n) is 16.0. The van der Waals surface area contributed by atoms with Gasteiger partial charge in [-0.15, -0.1) is 0 Å². The highest BCUT2D eigenvalue weighted by Gasteiger charge is 2.51. The molecular formula is C22H22N4O2. The molecule has 0 bridgehead atoms. The Morgan fingerprint density at radius 2 is 1.89 bits per heavy atom. The van der Waals surface area contributed by atoms with E-state index in [1.54, 1.807) is 22.2 Å². The Hall–Kier alpha value is -3.15. The summed E-state index contributed by atoms with van der Waals surface area (Å²) in [7, 11) is 0. The summed E-state index contributed by atoms with van der Waals surface area (Å²) in [5, 5.41) is 1.14. The molecule has 1 unspecified atom stereocenters. The molecule has 0 saturated carbocycles. The maximum absolute atomic E-state index is 13.4. The third kappa shape index (κ3) is 2.37. The summed E-state index contributed by atoms with van der Waals surface area (Å²) in [5.41, 5.74) is 3.65. The predicted molar refractivity (Wildman–Crippen MR) is 105 cm³/mol. The van der Waals surface area contributed by atoms with Gasteiger partial charge in [0.15, 0.2) is 0 Å². The van der Waals surface area contributed by atoms with Crippen LogP contribution in [0.4, 0.5) is 0 Å². The summed E-state index contributed by atoms with van der Waals surface area (Å²) >= 11 is 0. The van der Waals surface area contributed by atoms with Crippen LogP contribution in [-0.4, -0.2) is 44.2 Å². The Balaban J connectivity index is 1.56. The van der Waals surface area contributed by atoms with Gasteiger partial charge in [-0.25, -0.2) is 0 Å². The molecule has 5 rings (SSSR count). The topological polar surface area (TPSA) is 69.3 Å². The number of para-hydroxylation sites is 1. The van der Waals surface area contributed by atoms with Crippen LogP contribution in [0.3, 0.4) is 0 Å². The molecule has 1 saturated heterocycles. The smallest absolute Gasteiger partial charge is 0.246 e. The summed E-state index contributed by atoms with van der Waals surface area (Å²) in [6, 6.07) is 11.4. The summed E-state index contributed by atoms with van der Waals surface area (Å²) < 4.78 is 0. The molecule has 4 heterocycles. The fraction of sp³-hybridized carbons (Fsp3) is 0.318. The van der Waals surface area contributed by atoms with Crippen molar-refractivity contribution in [3.63, 3.8) is 0 Å². The molecule has 2 amide bonds. The first-order chi connectivity index (χ1) is 13.5. The first-order valence-corrected chi connectivity index (χ1v) is 9.57. The van der Waals surface area contributed by atoms with Gasteiger partial charge in [-0.1, -0.05) is 18.2 Å². The van der Waals surface area contributed by atoms with Crippen molar-refractivity contribution < 1.29 is 9.59 Å². The number of carbonyl (C=O) groups is 2. The standard InChI is InChI=1S/C22H22N4O2/c1-22(2)20-16(15-5-3-4-6-17(15)24-20)11-18-21(28)25(13-19(27)26(18)22)12-14-7-9-23-10-8-14/h3-10,18,24H,11-13H2,1-2H3. The summed E-state index contributed by atoms with van der Waals surface area (Å²) in [4.78, 5) is 37.5. The van der Waals surface area contributed by atoms with E-state index in [1.165, 1.54) is 0 Å². The number of benzene rings is 1. The molecule has 0 radical (unpaired) electrons. The van der Waals surface area contributed by atoms with Crippen molar-refractivity contribution in [1.82, 2.24) is 19.8 Å². The van der Waals surface area contributed by atoms with Gasteiger partial charge in [0.1, 0.15) is 12.6 Å². The van der Waals surface area contributed by atoms with Crippen LogP contribution in [0.2, 0.25) is 0 Å². The van der Waals surface area contributed by atoms with Crippen LogP contribution in [0.25, 0.3) is 10.9 Å². The lowest BCUT2D eigenvalue weighted by atomic mass is 9.82. The number of H-pyrrole nitrogens is 1. The molecule has 1 atom stereocenters. The average Bonchev–Trinajstić information content (AvgIpc) is 3.06. The molecule has 3 aromatic rings. The van der Waals surface area contributed by atoms with Crippen LogP contribution in [0, 0.1) is 0 Å². The molecular weight excluding hydrogens is 352 g/mol. The number of hydrogen-bond donors (Lipinski definition) is 1. The molecule has 6 nitrogen and oxygen atoms in total. The Labute approximate surface area is 163 Å². The van der Waals surface area contributed by atoms with Crippen molar-refractivity contribution in [2.45, 2.75) is 38.4 Å². The number of amides is 2. The van der Waals surface area contributed by atoms with E-state index < -0.39 is 11.6 Å². The quantitative estimate of drug-likeness (QED) is 0.750. The number of piperazine rings is 1. The lowest BCUT2D eigenvalue weighted by molar-refractivity contribution is -0.164. The van der Waals surface area contributed by atoms with Crippen molar-refractivity contribution in [3.05, 3.63) is 65.6 Å². The number of aromatic nitrogens is 2. The van der Waals surface area contributed by atoms with Gasteiger partial charge in [-0.3, -0.25) is 14.6 Å². The van der Waals surface area contributed by atoms with Gasteiger partial charge in [0.2, 0.25) is 11.8 Å². The molecule has 142 valence electrons. The molecule has 1 aromatic carbocycles. The second-order valence-corrected chi connectivity index (χ2v) is 8.12. The zero-order valence-corrected chi connectivity index (χ0v) is 16.0. The fourth-order valence-corrected chi connectivity index (χ4v) is 4.78. The second kappa shape index (κ2) is 5.92. The monoisotopic (exact) mass is 374 g/mol. The SMILES string of the molecule is CC1(C)c2[nH]c3ccccc3c2CC2C(=O)N(Cc3ccncc3)CC(=O)N21. The third-order valence-corrected chi connectivity index (χ3v) is 6.05. The fourth-order valence-electron chi connectivity index (χ4n) is 4.78. The lowest BCUT2D eigenvalue weighted by Gasteiger charge is -2.51. The Morgan fingerprint density at radius 1 is 1.14 bits per heavy atom. The summed E-state index contributed by atoms with van der Waals surface area (Å²) in [6.07, 6.45) is 3.96. The van der Waals surface area contributed by atoms with Gasteiger partial charge in [0.25, 0.3) is 0 Å². The molecule has 28 heavy (non-hydrogen) atoms. The Bertz CT molecular complexity index is 1090. The number of hydrogen-bond acceptors (Lipinski definition) is 3. The third-order valence-electron chi connectivity index (χ3n) is 6.05. The number of nitrogens with zero attached hydrogens (tertiary/aromatic N) is 3. The molecule has 6 heteroatoms. The number of aromatic amines is 1. The first-order valence-electron chi connectivity index (χ1n) is 9.57. The Morgan fingerprint density at radius 3 is 2.68 bits per heavy atom. The van der Waals surface area contributed by atoms with Gasteiger partial charge in [0.05, 0.1) is 5.54 Å². The normalized spacial score (nSPS) is 21.0. The van der Waals surface area contributed by atoms with E-state index in [0.717, 1.165) is 27.7 Å². The van der Waals surface area contributed by atoms with Gasteiger partial charge in [-0.2, -0.15) is 0 Å². The lowest BCUT2D eigenvalue weighted by Crippen LogP contribution is -2.66. The van der Waals surface area contributed by atoms with E-state index in [9.17, 15) is 9.59 Å². The van der Waals surface area contributed by atoms with Crippen LogP contribution in [-0.2, 0) is 28.1 Å². The first kappa shape index (κ1) is 17.0. The van der Waals surface area contributed by atoms with Gasteiger partial charge < -0.3 is 14.8 Å². The molecule has 1 N–H and O–H groups in total. The van der Waals surface area contributed by atoms with Crippen molar-refractivity contribution in [2.75, 3.05) is 6.54 Å². The maximum atomic E-state index is 13.4. The average molecular weight is 374 g/mol. The second-order valence-electron chi connectivity index (χ2n) is 8.12. The minimum absolute atomic E-state index is 0.00652. The Kier molecular flexibility index (Phi) is 3.59. The predicted octanol–water partition coefficient (Wildman–Crippen LogP) is 2.59. The minimum Gasteiger partial charge on any atom is -0.356 e. The highest BCUT2D eigenvalue weighted by Crippen LogP contribution is 2.42. The number of nitrogens with one attached hydrogen (secondary N) is 1. The number of pyridine rings is 1. The summed E-state index contributed by atoms with van der Waals surface area (Å²) in [5.74, 6) is 0.00776. The number of fused-ring (bicyclic) bond motifs is 4. The number of carbonyl (C=O) groups excluding carboxylic acids is 2. The molecule has 2 aliphatic rings. The maximum Gasteiger partial charge on any atom is 0.246 e. The molecule has 2 aromatic heterocycles. The van der Waals surface area contributed by atoms with E-state index in [2.05, 4.69) is 16.0 Å². The largest absolute Gasteiger partial charge is 0.356 e. The highest BCUT2D eigenvalue weighted by atomic mass is 16.2. The van der Waals surface area contributed by atoms with E-state index in [-0.39, 0.29) is 18.4 Å². The molecule has 0 aliphatic carbocycles. The van der Waals surface area contributed by atoms with Crippen molar-refractivity contribution in [2.24, 2.45) is 0 Å². The zero-order chi connectivity index (χ0) is 19.5.